The van der Waals surface area contributed by atoms with Gasteiger partial charge in [0.1, 0.15) is 0 Å². The summed E-state index contributed by atoms with van der Waals surface area (Å²) in [6.07, 6.45) is 5.32. The van der Waals surface area contributed by atoms with Crippen LogP contribution in [-0.2, 0) is 9.47 Å². The van der Waals surface area contributed by atoms with Crippen LogP contribution in [0.25, 0.3) is 0 Å². The molecule has 1 rings (SSSR count). The number of nitrogens with one attached hydrogen (secondary N) is 1. The summed E-state index contributed by atoms with van der Waals surface area (Å²) < 4.78 is 10.5. The molecule has 0 aromatic carbocycles. The Hall–Kier alpha value is 0.170. The van der Waals surface area contributed by atoms with Gasteiger partial charge in [-0.3, -0.25) is 0 Å². The van der Waals surface area contributed by atoms with Crippen LogP contribution in [0, 0.1) is 0 Å². The van der Waals surface area contributed by atoms with E-state index in [1.165, 1.54) is 25.7 Å². The Morgan fingerprint density at radius 1 is 1.60 bits per heavy atom. The fraction of sp³-hybridized carbons (Fsp3) is 1.00. The third-order valence-electron chi connectivity index (χ3n) is 2.62. The van der Waals surface area contributed by atoms with Crippen molar-refractivity contribution in [1.29, 1.82) is 0 Å². The second kappa shape index (κ2) is 8.34. The van der Waals surface area contributed by atoms with Gasteiger partial charge < -0.3 is 14.8 Å². The first-order valence-electron chi connectivity index (χ1n) is 5.78. The van der Waals surface area contributed by atoms with Crippen LogP contribution in [0.15, 0.2) is 0 Å². The maximum Gasteiger partial charge on any atom is 0.0693 e. The molecule has 15 heavy (non-hydrogen) atoms. The molecule has 90 valence electrons. The molecule has 0 bridgehead atoms. The molecule has 0 amide bonds. The van der Waals surface area contributed by atoms with E-state index in [0.29, 0.717) is 12.7 Å². The Morgan fingerprint density at radius 3 is 3.13 bits per heavy atom. The molecular weight excluding hydrogens is 214 g/mol. The van der Waals surface area contributed by atoms with Crippen molar-refractivity contribution in [2.75, 3.05) is 33.4 Å². The van der Waals surface area contributed by atoms with Crippen molar-refractivity contribution in [3.05, 3.63) is 0 Å². The molecule has 0 aromatic heterocycles. The maximum absolute atomic E-state index is 5.97. The number of rotatable bonds is 8. The topological polar surface area (TPSA) is 30.5 Å². The number of ether oxygens (including phenoxy) is 2. The summed E-state index contributed by atoms with van der Waals surface area (Å²) in [5.41, 5.74) is 0. The van der Waals surface area contributed by atoms with Gasteiger partial charge in [-0.05, 0) is 32.2 Å². The Kier molecular flexibility index (Phi) is 7.36. The number of hydrogen-bond acceptors (Lipinski definition) is 3. The van der Waals surface area contributed by atoms with Crippen LogP contribution in [-0.4, -0.2) is 44.9 Å². The van der Waals surface area contributed by atoms with Gasteiger partial charge in [0.15, 0.2) is 0 Å². The van der Waals surface area contributed by atoms with E-state index in [2.05, 4.69) is 5.32 Å². The average molecular weight is 236 g/mol. The minimum Gasteiger partial charge on any atom is -0.383 e. The fourth-order valence-corrected chi connectivity index (χ4v) is 2.06. The van der Waals surface area contributed by atoms with Crippen LogP contribution < -0.4 is 5.32 Å². The van der Waals surface area contributed by atoms with Crippen molar-refractivity contribution >= 4 is 11.6 Å². The van der Waals surface area contributed by atoms with Crippen molar-refractivity contribution in [3.8, 4) is 0 Å². The normalized spacial score (nSPS) is 23.2. The molecule has 1 aliphatic rings. The standard InChI is InChI=1S/C11H22ClNO2/c1-14-9-10(12)8-13-6-2-4-11-5-3-7-15-11/h10-11,13H,2-9H2,1H3. The van der Waals surface area contributed by atoms with Gasteiger partial charge in [0.25, 0.3) is 0 Å². The Balaban J connectivity index is 1.84. The molecule has 1 fully saturated rings. The predicted octanol–water partition coefficient (Wildman–Crippen LogP) is 1.79. The molecule has 0 radical (unpaired) electrons. The summed E-state index contributed by atoms with van der Waals surface area (Å²) in [5.74, 6) is 0. The van der Waals surface area contributed by atoms with Gasteiger partial charge >= 0.3 is 0 Å². The monoisotopic (exact) mass is 235 g/mol. The molecular formula is C11H22ClNO2. The minimum absolute atomic E-state index is 0.0812. The van der Waals surface area contributed by atoms with Crippen LogP contribution in [0.4, 0.5) is 0 Å². The van der Waals surface area contributed by atoms with Crippen LogP contribution in [0.5, 0.6) is 0 Å². The first-order chi connectivity index (χ1) is 7.33. The van der Waals surface area contributed by atoms with Gasteiger partial charge in [0.05, 0.1) is 18.1 Å². The fourth-order valence-electron chi connectivity index (χ4n) is 1.83. The number of halogens is 1. The van der Waals surface area contributed by atoms with Gasteiger partial charge in [-0.1, -0.05) is 0 Å². The van der Waals surface area contributed by atoms with Gasteiger partial charge in [0, 0.05) is 20.3 Å². The van der Waals surface area contributed by atoms with Gasteiger partial charge in [-0.25, -0.2) is 0 Å². The average Bonchev–Trinajstić information content (AvgIpc) is 2.70. The second-order valence-corrected chi connectivity index (χ2v) is 4.65. The Labute approximate surface area is 97.5 Å². The van der Waals surface area contributed by atoms with Crippen molar-refractivity contribution in [2.45, 2.75) is 37.2 Å². The summed E-state index contributed by atoms with van der Waals surface area (Å²) >= 11 is 5.97. The molecule has 1 N–H and O–H groups in total. The highest BCUT2D eigenvalue weighted by Crippen LogP contribution is 2.16. The zero-order valence-corrected chi connectivity index (χ0v) is 10.3. The maximum atomic E-state index is 5.97. The Morgan fingerprint density at radius 2 is 2.47 bits per heavy atom. The first kappa shape index (κ1) is 13.2. The molecule has 0 spiro atoms. The molecule has 1 heterocycles. The summed E-state index contributed by atoms with van der Waals surface area (Å²) in [7, 11) is 1.67. The van der Waals surface area contributed by atoms with Crippen molar-refractivity contribution in [1.82, 2.24) is 5.32 Å². The lowest BCUT2D eigenvalue weighted by Crippen LogP contribution is -2.27. The number of hydrogen-bond donors (Lipinski definition) is 1. The summed E-state index contributed by atoms with van der Waals surface area (Å²) in [4.78, 5) is 0. The zero-order valence-electron chi connectivity index (χ0n) is 9.51. The molecule has 0 saturated carbocycles. The van der Waals surface area contributed by atoms with Gasteiger partial charge in [-0.2, -0.15) is 0 Å². The molecule has 4 heteroatoms. The second-order valence-electron chi connectivity index (χ2n) is 4.03. The molecule has 0 aromatic rings. The van der Waals surface area contributed by atoms with Crippen LogP contribution >= 0.6 is 11.6 Å². The van der Waals surface area contributed by atoms with E-state index in [-0.39, 0.29) is 5.38 Å². The molecule has 1 aliphatic heterocycles. The highest BCUT2D eigenvalue weighted by Gasteiger charge is 2.14. The third-order valence-corrected chi connectivity index (χ3v) is 2.90. The van der Waals surface area contributed by atoms with Crippen molar-refractivity contribution < 1.29 is 9.47 Å². The van der Waals surface area contributed by atoms with Crippen LogP contribution in [0.3, 0.4) is 0 Å². The number of methoxy groups -OCH3 is 1. The molecule has 2 atom stereocenters. The third kappa shape index (κ3) is 6.36. The summed E-state index contributed by atoms with van der Waals surface area (Å²) in [6, 6.07) is 0. The number of alkyl halides is 1. The first-order valence-corrected chi connectivity index (χ1v) is 6.22. The van der Waals surface area contributed by atoms with Crippen LogP contribution in [0.1, 0.15) is 25.7 Å². The highest BCUT2D eigenvalue weighted by molar-refractivity contribution is 6.20. The van der Waals surface area contributed by atoms with E-state index in [1.54, 1.807) is 7.11 Å². The molecule has 0 aliphatic carbocycles. The van der Waals surface area contributed by atoms with E-state index in [9.17, 15) is 0 Å². The summed E-state index contributed by atoms with van der Waals surface area (Å²) in [5, 5.41) is 3.41. The van der Waals surface area contributed by atoms with E-state index in [4.69, 9.17) is 21.1 Å². The van der Waals surface area contributed by atoms with Crippen molar-refractivity contribution in [3.63, 3.8) is 0 Å². The highest BCUT2D eigenvalue weighted by atomic mass is 35.5. The SMILES string of the molecule is COCC(Cl)CNCCCC1CCCO1. The smallest absolute Gasteiger partial charge is 0.0693 e. The Bertz CT molecular complexity index is 152. The lowest BCUT2D eigenvalue weighted by Gasteiger charge is -2.11. The van der Waals surface area contributed by atoms with E-state index in [0.717, 1.165) is 19.7 Å². The minimum atomic E-state index is 0.0812. The van der Waals surface area contributed by atoms with Crippen molar-refractivity contribution in [2.24, 2.45) is 0 Å². The quantitative estimate of drug-likeness (QED) is 0.514. The van der Waals surface area contributed by atoms with E-state index >= 15 is 0 Å². The lowest BCUT2D eigenvalue weighted by molar-refractivity contribution is 0.102. The lowest BCUT2D eigenvalue weighted by atomic mass is 10.1. The van der Waals surface area contributed by atoms with Gasteiger partial charge in [-0.15, -0.1) is 11.6 Å². The van der Waals surface area contributed by atoms with Gasteiger partial charge in [0.2, 0.25) is 0 Å². The van der Waals surface area contributed by atoms with E-state index in [1.807, 2.05) is 0 Å². The molecule has 3 nitrogen and oxygen atoms in total. The molecule has 2 unspecified atom stereocenters. The van der Waals surface area contributed by atoms with Crippen LogP contribution in [0.2, 0.25) is 0 Å². The van der Waals surface area contributed by atoms with E-state index < -0.39 is 0 Å². The predicted molar refractivity (Wildman–Crippen MR) is 62.6 cm³/mol. The molecule has 1 saturated heterocycles. The largest absolute Gasteiger partial charge is 0.383 e. The zero-order chi connectivity index (χ0) is 10.9. The summed E-state index contributed by atoms with van der Waals surface area (Å²) in [6.45, 7) is 3.41.